The van der Waals surface area contributed by atoms with Gasteiger partial charge in [0.2, 0.25) is 0 Å². The van der Waals surface area contributed by atoms with Crippen molar-refractivity contribution in [2.24, 2.45) is 0 Å². The van der Waals surface area contributed by atoms with Gasteiger partial charge in [0.15, 0.2) is 0 Å². The number of fused-ring (bicyclic) bond motifs is 5. The zero-order chi connectivity index (χ0) is 48.0. The molecule has 11 aromatic carbocycles. The zero-order valence-electron chi connectivity index (χ0n) is 40.6. The zero-order valence-corrected chi connectivity index (χ0v) is 40.6. The first-order valence-electron chi connectivity index (χ1n) is 24.9. The van der Waals surface area contributed by atoms with E-state index in [2.05, 4.69) is 280 Å². The fourth-order valence-corrected chi connectivity index (χ4v) is 10.3. The van der Waals surface area contributed by atoms with Crippen LogP contribution in [0.15, 0.2) is 247 Å². The van der Waals surface area contributed by atoms with Crippen molar-refractivity contribution < 1.29 is 4.42 Å². The van der Waals surface area contributed by atoms with E-state index in [0.717, 1.165) is 77.6 Å². The van der Waals surface area contributed by atoms with Gasteiger partial charge in [0.05, 0.1) is 11.4 Å². The number of rotatable bonds is 11. The number of anilines is 6. The molecular weight excluding hydrogens is 861 g/mol. The van der Waals surface area contributed by atoms with Gasteiger partial charge in [-0.05, 0) is 152 Å². The van der Waals surface area contributed by atoms with Crippen LogP contribution < -0.4 is 9.80 Å². The maximum absolute atomic E-state index is 6.85. The van der Waals surface area contributed by atoms with E-state index in [1.54, 1.807) is 0 Å². The first-order valence-corrected chi connectivity index (χ1v) is 24.9. The van der Waals surface area contributed by atoms with Gasteiger partial charge in [-0.15, -0.1) is 0 Å². The first kappa shape index (κ1) is 43.6. The molecule has 0 aliphatic heterocycles. The number of benzene rings is 11. The van der Waals surface area contributed by atoms with Crippen molar-refractivity contribution in [3.8, 4) is 33.4 Å². The average Bonchev–Trinajstić information content (AvgIpc) is 3.76. The van der Waals surface area contributed by atoms with Gasteiger partial charge in [0.1, 0.15) is 11.2 Å². The molecule has 0 atom stereocenters. The molecule has 0 fully saturated rings. The second-order valence-electron chi connectivity index (χ2n) is 19.4. The summed E-state index contributed by atoms with van der Waals surface area (Å²) in [6, 6.07) is 88.5. The average molecular weight is 915 g/mol. The fraction of sp³-hybridized carbons (Fsp3) is 0.0882. The van der Waals surface area contributed by atoms with E-state index in [1.807, 2.05) is 0 Å². The van der Waals surface area contributed by atoms with Crippen LogP contribution in [0.4, 0.5) is 34.1 Å². The molecule has 0 amide bonds. The lowest BCUT2D eigenvalue weighted by Gasteiger charge is -2.28. The predicted molar refractivity (Wildman–Crippen MR) is 303 cm³/mol. The van der Waals surface area contributed by atoms with Crippen molar-refractivity contribution in [1.82, 2.24) is 0 Å². The van der Waals surface area contributed by atoms with Crippen LogP contribution in [0.1, 0.15) is 50.7 Å². The highest BCUT2D eigenvalue weighted by Crippen LogP contribution is 2.46. The van der Waals surface area contributed by atoms with Crippen LogP contribution in [0.5, 0.6) is 0 Å². The van der Waals surface area contributed by atoms with E-state index < -0.39 is 0 Å². The van der Waals surface area contributed by atoms with E-state index in [9.17, 15) is 0 Å². The van der Waals surface area contributed by atoms with Crippen molar-refractivity contribution >= 4 is 77.6 Å². The minimum absolute atomic E-state index is 0.461. The highest BCUT2D eigenvalue weighted by molar-refractivity contribution is 6.14. The molecule has 3 heteroatoms. The maximum atomic E-state index is 6.85. The summed E-state index contributed by atoms with van der Waals surface area (Å²) in [5.74, 6) is 0.934. The Balaban J connectivity index is 0.962. The Morgan fingerprint density at radius 3 is 1.23 bits per heavy atom. The van der Waals surface area contributed by atoms with Crippen molar-refractivity contribution in [2.45, 2.75) is 39.5 Å². The van der Waals surface area contributed by atoms with Crippen molar-refractivity contribution in [1.29, 1.82) is 0 Å². The van der Waals surface area contributed by atoms with Gasteiger partial charge in [-0.3, -0.25) is 0 Å². The van der Waals surface area contributed by atoms with Gasteiger partial charge in [-0.1, -0.05) is 185 Å². The van der Waals surface area contributed by atoms with Crippen LogP contribution in [0, 0.1) is 0 Å². The lowest BCUT2D eigenvalue weighted by molar-refractivity contribution is 0.670. The van der Waals surface area contributed by atoms with E-state index in [1.165, 1.54) is 44.5 Å². The molecule has 12 aromatic rings. The summed E-state index contributed by atoms with van der Waals surface area (Å²) in [4.78, 5) is 4.78. The smallest absolute Gasteiger partial charge is 0.136 e. The minimum Gasteiger partial charge on any atom is -0.456 e. The van der Waals surface area contributed by atoms with Gasteiger partial charge in [0, 0.05) is 44.6 Å². The number of nitrogens with zero attached hydrogens (tertiary/aromatic N) is 2. The summed E-state index contributed by atoms with van der Waals surface area (Å²) in [5.41, 5.74) is 18.0. The summed E-state index contributed by atoms with van der Waals surface area (Å²) >= 11 is 0. The second kappa shape index (κ2) is 18.3. The van der Waals surface area contributed by atoms with E-state index in [4.69, 9.17) is 4.42 Å². The van der Waals surface area contributed by atoms with E-state index >= 15 is 0 Å². The third-order valence-electron chi connectivity index (χ3n) is 14.2. The summed E-state index contributed by atoms with van der Waals surface area (Å²) in [7, 11) is 0. The lowest BCUT2D eigenvalue weighted by Crippen LogP contribution is -2.11. The van der Waals surface area contributed by atoms with Crippen LogP contribution in [0.2, 0.25) is 0 Å². The standard InChI is InChI=1S/C68H54N2O/c1-45(2)47-26-30-50(31-27-47)61-22-11-13-24-65(61)69(57-19-9-6-10-20-57)59-36-34-53-41-63-64-42-54-35-37-60(40-56(54)44-68(64)71-67(63)43-55(53)39-59)70(58-21-15-18-52(38-58)49-16-7-5-8-17-49)66-25-14-12-23-62(66)51-32-28-48(29-33-51)46(3)4/h5-46H,1-4H3. The molecule has 1 aromatic heterocycles. The Labute approximate surface area is 416 Å². The molecule has 0 unspecified atom stereocenters. The Kier molecular flexibility index (Phi) is 11.3. The van der Waals surface area contributed by atoms with Crippen LogP contribution in [0.25, 0.3) is 76.9 Å². The van der Waals surface area contributed by atoms with Crippen molar-refractivity contribution in [2.75, 3.05) is 9.80 Å². The normalized spacial score (nSPS) is 11.6. The first-order chi connectivity index (χ1) is 34.8. The largest absolute Gasteiger partial charge is 0.456 e. The molecule has 71 heavy (non-hydrogen) atoms. The molecule has 0 spiro atoms. The molecule has 0 radical (unpaired) electrons. The summed E-state index contributed by atoms with van der Waals surface area (Å²) in [6.45, 7) is 8.98. The number of hydrogen-bond donors (Lipinski definition) is 0. The number of hydrogen-bond acceptors (Lipinski definition) is 3. The number of para-hydroxylation sites is 3. The highest BCUT2D eigenvalue weighted by Gasteiger charge is 2.21. The van der Waals surface area contributed by atoms with Crippen LogP contribution >= 0.6 is 0 Å². The van der Waals surface area contributed by atoms with Gasteiger partial charge in [-0.2, -0.15) is 0 Å². The number of furan rings is 1. The quantitative estimate of drug-likeness (QED) is 0.129. The van der Waals surface area contributed by atoms with Crippen LogP contribution in [-0.2, 0) is 0 Å². The predicted octanol–water partition coefficient (Wildman–Crippen LogP) is 20.1. The van der Waals surface area contributed by atoms with Gasteiger partial charge in [-0.25, -0.2) is 0 Å². The summed E-state index contributed by atoms with van der Waals surface area (Å²) in [5, 5.41) is 6.77. The Morgan fingerprint density at radius 2 is 0.718 bits per heavy atom. The monoisotopic (exact) mass is 914 g/mol. The van der Waals surface area contributed by atoms with E-state index in [-0.39, 0.29) is 0 Å². The van der Waals surface area contributed by atoms with Crippen molar-refractivity contribution in [3.63, 3.8) is 0 Å². The summed E-state index contributed by atoms with van der Waals surface area (Å²) in [6.07, 6.45) is 0. The molecule has 12 rings (SSSR count). The Morgan fingerprint density at radius 1 is 0.296 bits per heavy atom. The molecule has 342 valence electrons. The highest BCUT2D eigenvalue weighted by atomic mass is 16.3. The fourth-order valence-electron chi connectivity index (χ4n) is 10.3. The third kappa shape index (κ3) is 8.30. The SMILES string of the molecule is CC(C)c1ccc(-c2ccccc2N(c2ccccc2)c2ccc3cc4c(cc3c2)oc2cc3cc(N(c5cccc(-c6ccccc6)c5)c5ccccc5-c5ccc(C(C)C)cc5)ccc3cc24)cc1. The minimum atomic E-state index is 0.461. The Bertz CT molecular complexity index is 3870. The van der Waals surface area contributed by atoms with Crippen molar-refractivity contribution in [3.05, 3.63) is 254 Å². The third-order valence-corrected chi connectivity index (χ3v) is 14.2. The molecule has 3 nitrogen and oxygen atoms in total. The molecular formula is C68H54N2O. The molecule has 0 N–H and O–H groups in total. The molecule has 0 saturated carbocycles. The maximum Gasteiger partial charge on any atom is 0.136 e. The second-order valence-corrected chi connectivity index (χ2v) is 19.4. The van der Waals surface area contributed by atoms with Gasteiger partial charge in [0.25, 0.3) is 0 Å². The van der Waals surface area contributed by atoms with Crippen LogP contribution in [0.3, 0.4) is 0 Å². The molecule has 1 heterocycles. The molecule has 0 aliphatic carbocycles. The topological polar surface area (TPSA) is 19.6 Å². The lowest BCUT2D eigenvalue weighted by atomic mass is 9.96. The Hall–Kier alpha value is -8.66. The molecule has 0 bridgehead atoms. The van der Waals surface area contributed by atoms with E-state index in [0.29, 0.717) is 11.8 Å². The van der Waals surface area contributed by atoms with Gasteiger partial charge < -0.3 is 14.2 Å². The molecule has 0 saturated heterocycles. The van der Waals surface area contributed by atoms with Crippen LogP contribution in [-0.4, -0.2) is 0 Å². The summed E-state index contributed by atoms with van der Waals surface area (Å²) < 4.78 is 6.85. The van der Waals surface area contributed by atoms with Gasteiger partial charge >= 0.3 is 0 Å². The molecule has 0 aliphatic rings.